The Morgan fingerprint density at radius 2 is 1.94 bits per heavy atom. The lowest BCUT2D eigenvalue weighted by Crippen LogP contribution is -2.37. The van der Waals surface area contributed by atoms with Crippen molar-refractivity contribution in [3.8, 4) is 0 Å². The first-order chi connectivity index (χ1) is 17.1. The maximum Gasteiger partial charge on any atom is 0.266 e. The number of hydrogen-bond donors (Lipinski definition) is 1. The summed E-state index contributed by atoms with van der Waals surface area (Å²) in [5.41, 5.74) is 0.708. The van der Waals surface area contributed by atoms with Crippen molar-refractivity contribution in [1.29, 1.82) is 0 Å². The largest absolute Gasteiger partial charge is 0.378 e. The van der Waals surface area contributed by atoms with Gasteiger partial charge in [-0.3, -0.25) is 9.78 Å². The highest BCUT2D eigenvalue weighted by Gasteiger charge is 2.42. The normalized spacial score (nSPS) is 19.5. The number of amides is 1. The number of ether oxygens (including phenoxy) is 1. The van der Waals surface area contributed by atoms with Gasteiger partial charge in [-0.25, -0.2) is 13.2 Å². The van der Waals surface area contributed by atoms with Crippen molar-refractivity contribution in [1.82, 2.24) is 9.88 Å². The third kappa shape index (κ3) is 4.72. The van der Waals surface area contributed by atoms with E-state index in [1.54, 1.807) is 20.1 Å². The molecule has 1 fully saturated rings. The van der Waals surface area contributed by atoms with Crippen molar-refractivity contribution in [2.45, 2.75) is 45.3 Å². The van der Waals surface area contributed by atoms with Gasteiger partial charge in [0.05, 0.1) is 25.0 Å². The molecule has 1 aliphatic heterocycles. The van der Waals surface area contributed by atoms with Crippen LogP contribution in [0.5, 0.6) is 0 Å². The van der Waals surface area contributed by atoms with E-state index in [-0.39, 0.29) is 23.6 Å². The molecule has 2 aromatic carbocycles. The van der Waals surface area contributed by atoms with Crippen LogP contribution in [0.25, 0.3) is 10.9 Å². The molecule has 0 unspecified atom stereocenters. The molecule has 4 rings (SSSR count). The van der Waals surface area contributed by atoms with Crippen molar-refractivity contribution in [2.75, 3.05) is 25.5 Å². The highest BCUT2D eigenvalue weighted by atomic mass is 19.3. The average Bonchev–Trinajstić information content (AvgIpc) is 3.29. The average molecular weight is 487 g/mol. The van der Waals surface area contributed by atoms with Crippen molar-refractivity contribution in [3.05, 3.63) is 71.1 Å². The molecule has 2 atom stereocenters. The monoisotopic (exact) mass is 486 g/mol. The smallest absolute Gasteiger partial charge is 0.266 e. The molecule has 5 nitrogen and oxygen atoms in total. The number of likely N-dealkylation sites (tertiary alicyclic amines) is 1. The quantitative estimate of drug-likeness (QED) is 0.431. The van der Waals surface area contributed by atoms with Crippen LogP contribution >= 0.6 is 0 Å². The summed E-state index contributed by atoms with van der Waals surface area (Å²) >= 11 is 0. The molecule has 0 radical (unpaired) electrons. The van der Waals surface area contributed by atoms with Crippen molar-refractivity contribution in [3.63, 3.8) is 0 Å². The summed E-state index contributed by atoms with van der Waals surface area (Å²) in [5, 5.41) is 3.87. The Bertz CT molecular complexity index is 1290. The molecular formula is C27H30F3N3O2. The lowest BCUT2D eigenvalue weighted by atomic mass is 9.91. The number of anilines is 1. The molecule has 1 aliphatic rings. The Labute approximate surface area is 204 Å². The number of pyridine rings is 1. The molecule has 1 amide bonds. The maximum absolute atomic E-state index is 14.8. The fraction of sp³-hybridized carbons (Fsp3) is 0.407. The minimum atomic E-state index is -2.92. The fourth-order valence-corrected chi connectivity index (χ4v) is 4.73. The zero-order valence-electron chi connectivity index (χ0n) is 21.2. The first kappa shape index (κ1) is 23.6. The molecule has 1 aromatic heterocycles. The van der Waals surface area contributed by atoms with Crippen molar-refractivity contribution < 1.29 is 24.1 Å². The second kappa shape index (κ2) is 9.85. The standard InChI is InChI=1S/C27H30F3N3O2/c1-16(2)26(34)33-13-11-27(15-33,35-4)18-8-9-22-21(14-18)23(10-12-31-22)32-17(3)19-6-5-7-20(24(19)28)25(29)30/h5-10,12,14,16-17,25H,11,13,15H2,1-4H3,(H,31,32)/t17-,27+/m1/s1/i12D. The molecule has 0 saturated carbocycles. The van der Waals surface area contributed by atoms with Crippen LogP contribution in [0.15, 0.2) is 48.6 Å². The number of carbonyl (C=O) groups excluding carboxylic acids is 1. The second-order valence-electron chi connectivity index (χ2n) is 9.31. The van der Waals surface area contributed by atoms with E-state index in [4.69, 9.17) is 6.11 Å². The van der Waals surface area contributed by atoms with Gasteiger partial charge in [-0.15, -0.1) is 0 Å². The van der Waals surface area contributed by atoms with Gasteiger partial charge < -0.3 is 15.0 Å². The van der Waals surface area contributed by atoms with Gasteiger partial charge >= 0.3 is 0 Å². The van der Waals surface area contributed by atoms with Gasteiger partial charge in [0.2, 0.25) is 5.91 Å². The van der Waals surface area contributed by atoms with Crippen LogP contribution in [0.1, 0.15) is 57.7 Å². The lowest BCUT2D eigenvalue weighted by Gasteiger charge is -2.29. The molecule has 0 spiro atoms. The zero-order valence-corrected chi connectivity index (χ0v) is 20.2. The van der Waals surface area contributed by atoms with Gasteiger partial charge in [-0.05, 0) is 37.1 Å². The Balaban J connectivity index is 1.72. The summed E-state index contributed by atoms with van der Waals surface area (Å²) < 4.78 is 55.3. The van der Waals surface area contributed by atoms with Crippen LogP contribution in [0.4, 0.5) is 18.9 Å². The summed E-state index contributed by atoms with van der Waals surface area (Å²) in [6.45, 7) is 6.41. The summed E-state index contributed by atoms with van der Waals surface area (Å²) in [4.78, 5) is 18.7. The molecule has 1 saturated heterocycles. The van der Waals surface area contributed by atoms with Gasteiger partial charge in [0, 0.05) is 42.4 Å². The van der Waals surface area contributed by atoms with Crippen molar-refractivity contribution in [2.24, 2.45) is 5.92 Å². The van der Waals surface area contributed by atoms with Gasteiger partial charge in [-0.2, -0.15) is 0 Å². The van der Waals surface area contributed by atoms with E-state index < -0.39 is 29.4 Å². The van der Waals surface area contributed by atoms with E-state index in [1.807, 2.05) is 30.9 Å². The van der Waals surface area contributed by atoms with Crippen molar-refractivity contribution >= 4 is 22.5 Å². The topological polar surface area (TPSA) is 54.5 Å². The van der Waals surface area contributed by atoms with Gasteiger partial charge in [0.15, 0.2) is 0 Å². The summed E-state index contributed by atoms with van der Waals surface area (Å²) in [7, 11) is 1.62. The number of carbonyl (C=O) groups is 1. The number of nitrogens with zero attached hydrogens (tertiary/aromatic N) is 2. The molecule has 0 aliphatic carbocycles. The molecular weight excluding hydrogens is 455 g/mol. The van der Waals surface area contributed by atoms with Crippen LogP contribution < -0.4 is 5.32 Å². The van der Waals surface area contributed by atoms with Crippen LogP contribution in [-0.4, -0.2) is 36.0 Å². The number of benzene rings is 2. The number of alkyl halides is 2. The predicted molar refractivity (Wildman–Crippen MR) is 130 cm³/mol. The van der Waals surface area contributed by atoms with Crippen LogP contribution in [0.2, 0.25) is 0 Å². The maximum atomic E-state index is 14.8. The molecule has 35 heavy (non-hydrogen) atoms. The van der Waals surface area contributed by atoms with E-state index >= 15 is 0 Å². The van der Waals surface area contributed by atoms with E-state index in [9.17, 15) is 18.0 Å². The predicted octanol–water partition coefficient (Wildman–Crippen LogP) is 6.21. The molecule has 3 aromatic rings. The first-order valence-electron chi connectivity index (χ1n) is 12.1. The fourth-order valence-electron chi connectivity index (χ4n) is 4.73. The highest BCUT2D eigenvalue weighted by Crippen LogP contribution is 2.38. The SMILES string of the molecule is [2H]c1cc(N[C@H](C)c2cccc(C(F)F)c2F)c2cc([C@]3(OC)CCN(C(=O)C(C)C)C3)ccc2n1. The Hall–Kier alpha value is -3.13. The zero-order chi connectivity index (χ0) is 26.2. The molecule has 186 valence electrons. The minimum absolute atomic E-state index is 0.0165. The number of methoxy groups -OCH3 is 1. The van der Waals surface area contributed by atoms with Crippen LogP contribution in [-0.2, 0) is 15.1 Å². The molecule has 8 heteroatoms. The molecule has 1 N–H and O–H groups in total. The Kier molecular flexibility index (Phi) is 6.65. The highest BCUT2D eigenvalue weighted by molar-refractivity contribution is 5.92. The molecule has 2 heterocycles. The third-order valence-electron chi connectivity index (χ3n) is 6.77. The number of halogens is 3. The number of fused-ring (bicyclic) bond motifs is 1. The first-order valence-corrected chi connectivity index (χ1v) is 11.6. The second-order valence-corrected chi connectivity index (χ2v) is 9.31. The summed E-state index contributed by atoms with van der Waals surface area (Å²) in [6, 6.07) is 10.4. The summed E-state index contributed by atoms with van der Waals surface area (Å²) in [5.74, 6) is -0.994. The number of hydrogen-bond acceptors (Lipinski definition) is 4. The van der Waals surface area contributed by atoms with E-state index in [0.717, 1.165) is 11.6 Å². The van der Waals surface area contributed by atoms with Crippen LogP contribution in [0, 0.1) is 11.7 Å². The Morgan fingerprint density at radius 3 is 2.63 bits per heavy atom. The van der Waals surface area contributed by atoms with E-state index in [1.165, 1.54) is 18.2 Å². The number of rotatable bonds is 7. The lowest BCUT2D eigenvalue weighted by molar-refractivity contribution is -0.134. The molecule has 0 bridgehead atoms. The summed E-state index contributed by atoms with van der Waals surface area (Å²) in [6.07, 6.45) is -2.27. The minimum Gasteiger partial charge on any atom is -0.378 e. The third-order valence-corrected chi connectivity index (χ3v) is 6.77. The van der Waals surface area contributed by atoms with Crippen LogP contribution in [0.3, 0.4) is 0 Å². The van der Waals surface area contributed by atoms with E-state index in [0.29, 0.717) is 36.1 Å². The number of nitrogens with one attached hydrogen (secondary N) is 1. The van der Waals surface area contributed by atoms with Gasteiger partial charge in [0.1, 0.15) is 11.4 Å². The number of aromatic nitrogens is 1. The van der Waals surface area contributed by atoms with Gasteiger partial charge in [0.25, 0.3) is 6.43 Å². The van der Waals surface area contributed by atoms with E-state index in [2.05, 4.69) is 10.3 Å². The Morgan fingerprint density at radius 1 is 1.20 bits per heavy atom. The van der Waals surface area contributed by atoms with Gasteiger partial charge in [-0.1, -0.05) is 38.1 Å².